The molecule has 0 unspecified atom stereocenters. The van der Waals surface area contributed by atoms with E-state index in [2.05, 4.69) is 66.0 Å². The van der Waals surface area contributed by atoms with Gasteiger partial charge >= 0.3 is 0 Å². The molecule has 0 aliphatic carbocycles. The number of furan rings is 1. The number of para-hydroxylation sites is 2. The maximum atomic E-state index is 6.20. The van der Waals surface area contributed by atoms with Gasteiger partial charge in [0.15, 0.2) is 0 Å². The standard InChI is InChI=1S/C22H13NO/c1-3-9-18-13(6-1)16-12-17-14-7-2-4-11-20(14)24-22(17)15-8-5-10-19(23-18)21(15)16/h1-12,23H. The van der Waals surface area contributed by atoms with Crippen LogP contribution in [0.4, 0.5) is 11.4 Å². The molecule has 24 heavy (non-hydrogen) atoms. The number of benzene rings is 4. The molecule has 0 atom stereocenters. The van der Waals surface area contributed by atoms with Crippen molar-refractivity contribution in [2.24, 2.45) is 0 Å². The highest BCUT2D eigenvalue weighted by Gasteiger charge is 2.21. The molecule has 1 aliphatic heterocycles. The first kappa shape index (κ1) is 12.2. The first-order valence-corrected chi connectivity index (χ1v) is 8.13. The summed E-state index contributed by atoms with van der Waals surface area (Å²) in [5, 5.41) is 8.32. The van der Waals surface area contributed by atoms with E-state index in [1.165, 1.54) is 32.7 Å². The third kappa shape index (κ3) is 1.41. The highest BCUT2D eigenvalue weighted by atomic mass is 16.3. The summed E-state index contributed by atoms with van der Waals surface area (Å²) in [4.78, 5) is 0. The van der Waals surface area contributed by atoms with Gasteiger partial charge in [0, 0.05) is 38.5 Å². The number of hydrogen-bond donors (Lipinski definition) is 1. The largest absolute Gasteiger partial charge is 0.455 e. The molecule has 0 saturated carbocycles. The molecule has 1 aliphatic rings. The van der Waals surface area contributed by atoms with Crippen LogP contribution in [0.3, 0.4) is 0 Å². The molecule has 0 bridgehead atoms. The molecule has 5 aromatic rings. The van der Waals surface area contributed by atoms with Crippen molar-refractivity contribution in [1.29, 1.82) is 0 Å². The second-order valence-corrected chi connectivity index (χ2v) is 6.30. The quantitative estimate of drug-likeness (QED) is 0.348. The van der Waals surface area contributed by atoms with Crippen molar-refractivity contribution >= 4 is 44.1 Å². The summed E-state index contributed by atoms with van der Waals surface area (Å²) in [5.41, 5.74) is 6.73. The number of rotatable bonds is 0. The first-order valence-electron chi connectivity index (χ1n) is 8.13. The zero-order chi connectivity index (χ0) is 15.7. The number of hydrogen-bond acceptors (Lipinski definition) is 2. The molecule has 112 valence electrons. The minimum Gasteiger partial charge on any atom is -0.455 e. The maximum absolute atomic E-state index is 6.20. The molecule has 1 aromatic heterocycles. The summed E-state index contributed by atoms with van der Waals surface area (Å²) in [6, 6.07) is 25.4. The Labute approximate surface area is 138 Å². The Hall–Kier alpha value is -3.26. The van der Waals surface area contributed by atoms with E-state index in [-0.39, 0.29) is 0 Å². The summed E-state index contributed by atoms with van der Waals surface area (Å²) in [6.07, 6.45) is 0. The van der Waals surface area contributed by atoms with E-state index in [1.807, 2.05) is 12.1 Å². The van der Waals surface area contributed by atoms with Gasteiger partial charge in [-0.25, -0.2) is 0 Å². The third-order valence-corrected chi connectivity index (χ3v) is 4.99. The molecule has 2 nitrogen and oxygen atoms in total. The number of anilines is 2. The molecule has 0 radical (unpaired) electrons. The summed E-state index contributed by atoms with van der Waals surface area (Å²) < 4.78 is 6.20. The second-order valence-electron chi connectivity index (χ2n) is 6.30. The van der Waals surface area contributed by atoms with Crippen molar-refractivity contribution in [3.63, 3.8) is 0 Å². The number of fused-ring (bicyclic) bond motifs is 6. The van der Waals surface area contributed by atoms with Crippen LogP contribution >= 0.6 is 0 Å². The van der Waals surface area contributed by atoms with Crippen molar-refractivity contribution in [1.82, 2.24) is 0 Å². The van der Waals surface area contributed by atoms with Crippen LogP contribution in [0.2, 0.25) is 0 Å². The predicted octanol–water partition coefficient (Wildman–Crippen LogP) is 6.46. The fourth-order valence-corrected chi connectivity index (χ4v) is 3.95. The number of nitrogens with one attached hydrogen (secondary N) is 1. The molecular formula is C22H13NO. The normalized spacial score (nSPS) is 12.5. The highest BCUT2D eigenvalue weighted by Crippen LogP contribution is 2.47. The Kier molecular flexibility index (Phi) is 2.12. The van der Waals surface area contributed by atoms with Gasteiger partial charge in [0.2, 0.25) is 0 Å². The highest BCUT2D eigenvalue weighted by molar-refractivity contribution is 6.23. The SMILES string of the molecule is c1ccc2c(c1)Nc1cccc3c1c-2cc1c2ccccc2oc31. The van der Waals surface area contributed by atoms with Crippen LogP contribution in [0, 0.1) is 0 Å². The van der Waals surface area contributed by atoms with Gasteiger partial charge in [-0.05, 0) is 29.8 Å². The van der Waals surface area contributed by atoms with Crippen LogP contribution in [-0.2, 0) is 0 Å². The van der Waals surface area contributed by atoms with E-state index < -0.39 is 0 Å². The van der Waals surface area contributed by atoms with Crippen molar-refractivity contribution in [3.05, 3.63) is 72.8 Å². The molecule has 6 rings (SSSR count). The minimum absolute atomic E-state index is 0.942. The smallest absolute Gasteiger partial charge is 0.143 e. The van der Waals surface area contributed by atoms with Crippen molar-refractivity contribution in [2.75, 3.05) is 5.32 Å². The van der Waals surface area contributed by atoms with Gasteiger partial charge in [0.05, 0.1) is 0 Å². The van der Waals surface area contributed by atoms with E-state index in [1.54, 1.807) is 0 Å². The zero-order valence-corrected chi connectivity index (χ0v) is 12.8. The second kappa shape index (κ2) is 4.18. The molecule has 0 fully saturated rings. The summed E-state index contributed by atoms with van der Waals surface area (Å²) in [5.74, 6) is 0. The molecule has 0 spiro atoms. The van der Waals surface area contributed by atoms with E-state index in [4.69, 9.17) is 4.42 Å². The van der Waals surface area contributed by atoms with Crippen LogP contribution in [-0.4, -0.2) is 0 Å². The lowest BCUT2D eigenvalue weighted by Crippen LogP contribution is -2.00. The maximum Gasteiger partial charge on any atom is 0.143 e. The molecular weight excluding hydrogens is 294 g/mol. The van der Waals surface area contributed by atoms with Gasteiger partial charge in [0.25, 0.3) is 0 Å². The monoisotopic (exact) mass is 307 g/mol. The fraction of sp³-hybridized carbons (Fsp3) is 0. The van der Waals surface area contributed by atoms with E-state index in [0.717, 1.165) is 22.5 Å². The topological polar surface area (TPSA) is 25.2 Å². The van der Waals surface area contributed by atoms with Crippen LogP contribution < -0.4 is 5.32 Å². The molecule has 2 heteroatoms. The average molecular weight is 307 g/mol. The zero-order valence-electron chi connectivity index (χ0n) is 12.8. The van der Waals surface area contributed by atoms with Gasteiger partial charge in [-0.1, -0.05) is 48.5 Å². The molecule has 0 amide bonds. The van der Waals surface area contributed by atoms with Crippen LogP contribution in [0.1, 0.15) is 0 Å². The van der Waals surface area contributed by atoms with Crippen LogP contribution in [0.5, 0.6) is 0 Å². The summed E-state index contributed by atoms with van der Waals surface area (Å²) in [7, 11) is 0. The van der Waals surface area contributed by atoms with Crippen molar-refractivity contribution in [3.8, 4) is 11.1 Å². The molecule has 4 aromatic carbocycles. The fourth-order valence-electron chi connectivity index (χ4n) is 3.95. The van der Waals surface area contributed by atoms with Crippen LogP contribution in [0.15, 0.2) is 77.2 Å². The summed E-state index contributed by atoms with van der Waals surface area (Å²) in [6.45, 7) is 0. The van der Waals surface area contributed by atoms with E-state index in [9.17, 15) is 0 Å². The Morgan fingerprint density at radius 2 is 1.42 bits per heavy atom. The van der Waals surface area contributed by atoms with Gasteiger partial charge in [0.1, 0.15) is 11.2 Å². The Balaban J connectivity index is 1.91. The lowest BCUT2D eigenvalue weighted by atomic mass is 9.91. The Morgan fingerprint density at radius 1 is 0.625 bits per heavy atom. The molecule has 0 saturated heterocycles. The molecule has 2 heterocycles. The van der Waals surface area contributed by atoms with Gasteiger partial charge in [-0.2, -0.15) is 0 Å². The first-order chi connectivity index (χ1) is 11.9. The van der Waals surface area contributed by atoms with E-state index in [0.29, 0.717) is 0 Å². The Morgan fingerprint density at radius 3 is 2.42 bits per heavy atom. The summed E-state index contributed by atoms with van der Waals surface area (Å²) >= 11 is 0. The van der Waals surface area contributed by atoms with Gasteiger partial charge in [-0.3, -0.25) is 0 Å². The minimum atomic E-state index is 0.942. The van der Waals surface area contributed by atoms with Crippen molar-refractivity contribution in [2.45, 2.75) is 0 Å². The lowest BCUT2D eigenvalue weighted by Gasteiger charge is -2.22. The van der Waals surface area contributed by atoms with Gasteiger partial charge in [-0.15, -0.1) is 0 Å². The average Bonchev–Trinajstić information content (AvgIpc) is 3.01. The van der Waals surface area contributed by atoms with Crippen molar-refractivity contribution < 1.29 is 4.42 Å². The third-order valence-electron chi connectivity index (χ3n) is 4.99. The lowest BCUT2D eigenvalue weighted by molar-refractivity contribution is 0.672. The Bertz CT molecular complexity index is 1280. The molecule has 1 N–H and O–H groups in total. The predicted molar refractivity (Wildman–Crippen MR) is 99.9 cm³/mol. The van der Waals surface area contributed by atoms with Crippen LogP contribution in [0.25, 0.3) is 43.8 Å². The van der Waals surface area contributed by atoms with Gasteiger partial charge < -0.3 is 9.73 Å². The van der Waals surface area contributed by atoms with E-state index >= 15 is 0 Å².